The van der Waals surface area contributed by atoms with E-state index in [-0.39, 0.29) is 0 Å². The molecule has 0 bridgehead atoms. The molecule has 0 aliphatic rings. The number of anilines is 1. The fourth-order valence-corrected chi connectivity index (χ4v) is 2.46. The first-order chi connectivity index (χ1) is 8.25. The molecular weight excluding hydrogens is 321 g/mol. The Kier molecular flexibility index (Phi) is 4.42. The van der Waals surface area contributed by atoms with Crippen LogP contribution in [0.25, 0.3) is 0 Å². The minimum atomic E-state index is 0.978. The molecule has 0 radical (unpaired) electrons. The van der Waals surface area contributed by atoms with Crippen molar-refractivity contribution in [2.45, 2.75) is 13.3 Å². The Morgan fingerprint density at radius 3 is 2.53 bits per heavy atom. The van der Waals surface area contributed by atoms with Crippen LogP contribution in [0.2, 0.25) is 0 Å². The molecule has 0 unspecified atom stereocenters. The predicted octanol–water partition coefficient (Wildman–Crippen LogP) is 4.25. The van der Waals surface area contributed by atoms with Crippen LogP contribution in [0, 0.1) is 10.5 Å². The lowest BCUT2D eigenvalue weighted by atomic mass is 10.1. The summed E-state index contributed by atoms with van der Waals surface area (Å²) in [6.07, 6.45) is 1.06. The van der Waals surface area contributed by atoms with Gasteiger partial charge in [-0.15, -0.1) is 0 Å². The van der Waals surface area contributed by atoms with Crippen LogP contribution in [0.5, 0.6) is 0 Å². The summed E-state index contributed by atoms with van der Waals surface area (Å²) in [5.41, 5.74) is 3.93. The third-order valence-corrected chi connectivity index (χ3v) is 3.43. The van der Waals surface area contributed by atoms with E-state index in [1.807, 2.05) is 0 Å². The molecule has 0 aromatic heterocycles. The molecular formula is C15H16IN. The molecule has 2 heteroatoms. The molecule has 2 aromatic carbocycles. The average Bonchev–Trinajstić information content (AvgIpc) is 2.33. The quantitative estimate of drug-likeness (QED) is 0.823. The van der Waals surface area contributed by atoms with Crippen molar-refractivity contribution in [2.75, 3.05) is 11.9 Å². The molecule has 17 heavy (non-hydrogen) atoms. The lowest BCUT2D eigenvalue weighted by molar-refractivity contribution is 1.02. The zero-order valence-corrected chi connectivity index (χ0v) is 12.1. The number of hydrogen-bond acceptors (Lipinski definition) is 1. The number of rotatable bonds is 4. The highest BCUT2D eigenvalue weighted by atomic mass is 127. The molecule has 0 heterocycles. The van der Waals surface area contributed by atoms with Crippen molar-refractivity contribution in [1.29, 1.82) is 0 Å². The van der Waals surface area contributed by atoms with Gasteiger partial charge in [-0.2, -0.15) is 0 Å². The maximum absolute atomic E-state index is 3.49. The highest BCUT2D eigenvalue weighted by molar-refractivity contribution is 14.1. The smallest absolute Gasteiger partial charge is 0.0370 e. The first-order valence-corrected chi connectivity index (χ1v) is 6.87. The van der Waals surface area contributed by atoms with Gasteiger partial charge in [0, 0.05) is 15.8 Å². The molecule has 0 aliphatic carbocycles. The van der Waals surface area contributed by atoms with Crippen LogP contribution >= 0.6 is 22.6 Å². The van der Waals surface area contributed by atoms with Gasteiger partial charge in [0.1, 0.15) is 0 Å². The summed E-state index contributed by atoms with van der Waals surface area (Å²) in [6.45, 7) is 3.12. The van der Waals surface area contributed by atoms with Crippen LogP contribution in [0.1, 0.15) is 11.1 Å². The van der Waals surface area contributed by atoms with Gasteiger partial charge in [-0.25, -0.2) is 0 Å². The summed E-state index contributed by atoms with van der Waals surface area (Å²) in [5, 5.41) is 3.49. The fraction of sp³-hybridized carbons (Fsp3) is 0.200. The zero-order chi connectivity index (χ0) is 12.1. The Labute approximate surface area is 116 Å². The van der Waals surface area contributed by atoms with E-state index in [9.17, 15) is 0 Å². The van der Waals surface area contributed by atoms with E-state index < -0.39 is 0 Å². The summed E-state index contributed by atoms with van der Waals surface area (Å²) in [7, 11) is 0. The highest BCUT2D eigenvalue weighted by Gasteiger charge is 1.98. The van der Waals surface area contributed by atoms with Crippen LogP contribution in [0.4, 0.5) is 5.69 Å². The number of aryl methyl sites for hydroxylation is 1. The van der Waals surface area contributed by atoms with Crippen LogP contribution < -0.4 is 5.32 Å². The van der Waals surface area contributed by atoms with Gasteiger partial charge < -0.3 is 5.32 Å². The topological polar surface area (TPSA) is 12.0 Å². The summed E-state index contributed by atoms with van der Waals surface area (Å²) >= 11 is 2.34. The van der Waals surface area contributed by atoms with Gasteiger partial charge in [0.15, 0.2) is 0 Å². The second-order valence-corrected chi connectivity index (χ2v) is 5.37. The zero-order valence-electron chi connectivity index (χ0n) is 9.91. The van der Waals surface area contributed by atoms with Gasteiger partial charge in [-0.05, 0) is 65.3 Å². The first-order valence-electron chi connectivity index (χ1n) is 5.79. The molecule has 0 spiro atoms. The van der Waals surface area contributed by atoms with Crippen molar-refractivity contribution in [1.82, 2.24) is 0 Å². The second-order valence-electron chi connectivity index (χ2n) is 4.12. The third-order valence-electron chi connectivity index (χ3n) is 2.76. The average molecular weight is 337 g/mol. The largest absolute Gasteiger partial charge is 0.384 e. The Morgan fingerprint density at radius 1 is 1.06 bits per heavy atom. The van der Waals surface area contributed by atoms with Crippen LogP contribution in [-0.4, -0.2) is 6.54 Å². The third kappa shape index (κ3) is 3.73. The SMILES string of the molecule is Cc1cc(I)ccc1NCCc1ccccc1. The van der Waals surface area contributed by atoms with Gasteiger partial charge in [-0.1, -0.05) is 30.3 Å². The standard InChI is InChI=1S/C15H16IN/c1-12-11-14(16)7-8-15(12)17-10-9-13-5-3-2-4-6-13/h2-8,11,17H,9-10H2,1H3. The minimum absolute atomic E-state index is 0.978. The molecule has 0 atom stereocenters. The Hall–Kier alpha value is -1.03. The molecule has 88 valence electrons. The second kappa shape index (κ2) is 6.05. The lowest BCUT2D eigenvalue weighted by Gasteiger charge is -2.09. The molecule has 2 aromatic rings. The Balaban J connectivity index is 1.90. The molecule has 1 N–H and O–H groups in total. The monoisotopic (exact) mass is 337 g/mol. The Morgan fingerprint density at radius 2 is 1.82 bits per heavy atom. The molecule has 1 nitrogen and oxygen atoms in total. The van der Waals surface area contributed by atoms with E-state index in [0.717, 1.165) is 13.0 Å². The van der Waals surface area contributed by atoms with Gasteiger partial charge in [0.25, 0.3) is 0 Å². The van der Waals surface area contributed by atoms with Gasteiger partial charge in [-0.3, -0.25) is 0 Å². The normalized spacial score (nSPS) is 10.2. The maximum atomic E-state index is 3.49. The Bertz CT molecular complexity index is 480. The molecule has 0 amide bonds. The van der Waals surface area contributed by atoms with E-state index in [4.69, 9.17) is 0 Å². The van der Waals surface area contributed by atoms with Crippen molar-refractivity contribution >= 4 is 28.3 Å². The van der Waals surface area contributed by atoms with E-state index >= 15 is 0 Å². The predicted molar refractivity (Wildman–Crippen MR) is 82.5 cm³/mol. The molecule has 0 saturated carbocycles. The van der Waals surface area contributed by atoms with Crippen molar-refractivity contribution < 1.29 is 0 Å². The van der Waals surface area contributed by atoms with Gasteiger partial charge in [0.2, 0.25) is 0 Å². The summed E-state index contributed by atoms with van der Waals surface area (Å²) in [5.74, 6) is 0. The van der Waals surface area contributed by atoms with Crippen molar-refractivity contribution in [2.24, 2.45) is 0 Å². The fourth-order valence-electron chi connectivity index (χ4n) is 1.81. The number of halogens is 1. The van der Waals surface area contributed by atoms with E-state index in [1.165, 1.54) is 20.4 Å². The maximum Gasteiger partial charge on any atom is 0.0370 e. The summed E-state index contributed by atoms with van der Waals surface area (Å²) < 4.78 is 1.29. The van der Waals surface area contributed by atoms with E-state index in [0.29, 0.717) is 0 Å². The van der Waals surface area contributed by atoms with E-state index in [1.54, 1.807) is 0 Å². The van der Waals surface area contributed by atoms with Gasteiger partial charge in [0.05, 0.1) is 0 Å². The molecule has 0 saturated heterocycles. The van der Waals surface area contributed by atoms with Gasteiger partial charge >= 0.3 is 0 Å². The van der Waals surface area contributed by atoms with E-state index in [2.05, 4.69) is 83.4 Å². The summed E-state index contributed by atoms with van der Waals surface area (Å²) in [6, 6.07) is 17.1. The minimum Gasteiger partial charge on any atom is -0.384 e. The number of nitrogens with one attached hydrogen (secondary N) is 1. The number of hydrogen-bond donors (Lipinski definition) is 1. The van der Waals surface area contributed by atoms with Crippen molar-refractivity contribution in [3.05, 3.63) is 63.2 Å². The van der Waals surface area contributed by atoms with Crippen LogP contribution in [0.15, 0.2) is 48.5 Å². The molecule has 2 rings (SSSR count). The molecule has 0 fully saturated rings. The van der Waals surface area contributed by atoms with Crippen LogP contribution in [-0.2, 0) is 6.42 Å². The first kappa shape index (κ1) is 12.4. The highest BCUT2D eigenvalue weighted by Crippen LogP contribution is 2.17. The van der Waals surface area contributed by atoms with Crippen molar-refractivity contribution in [3.8, 4) is 0 Å². The van der Waals surface area contributed by atoms with Crippen molar-refractivity contribution in [3.63, 3.8) is 0 Å². The molecule has 0 aliphatic heterocycles. The lowest BCUT2D eigenvalue weighted by Crippen LogP contribution is -2.05. The number of benzene rings is 2. The van der Waals surface area contributed by atoms with Crippen LogP contribution in [0.3, 0.4) is 0 Å². The summed E-state index contributed by atoms with van der Waals surface area (Å²) in [4.78, 5) is 0.